The molecule has 0 saturated heterocycles. The lowest BCUT2D eigenvalue weighted by Gasteiger charge is -2.22. The zero-order valence-corrected chi connectivity index (χ0v) is 11.4. The molecule has 1 aromatic heterocycles. The molecule has 98 valence electrons. The molecule has 0 saturated carbocycles. The van der Waals surface area contributed by atoms with Crippen molar-refractivity contribution in [3.63, 3.8) is 0 Å². The van der Waals surface area contributed by atoms with Crippen LogP contribution in [0.5, 0.6) is 0 Å². The van der Waals surface area contributed by atoms with Crippen molar-refractivity contribution in [3.8, 4) is 6.07 Å². The average Bonchev–Trinajstić information content (AvgIpc) is 2.38. The second-order valence-electron chi connectivity index (χ2n) is 4.00. The van der Waals surface area contributed by atoms with E-state index in [9.17, 15) is 8.42 Å². The maximum Gasteiger partial charge on any atom is 0.215 e. The van der Waals surface area contributed by atoms with Crippen molar-refractivity contribution in [1.82, 2.24) is 9.29 Å². The minimum atomic E-state index is -3.40. The van der Waals surface area contributed by atoms with Crippen LogP contribution in [0.15, 0.2) is 24.5 Å². The van der Waals surface area contributed by atoms with E-state index in [-0.39, 0.29) is 5.75 Å². The Balaban J connectivity index is 2.94. The van der Waals surface area contributed by atoms with E-state index >= 15 is 0 Å². The first-order chi connectivity index (χ1) is 8.53. The first-order valence-electron chi connectivity index (χ1n) is 5.78. The zero-order chi connectivity index (χ0) is 13.6. The molecule has 0 aliphatic heterocycles. The normalized spacial score (nSPS) is 13.2. The largest absolute Gasteiger partial charge is 0.264 e. The van der Waals surface area contributed by atoms with E-state index in [1.54, 1.807) is 18.3 Å². The first-order valence-corrected chi connectivity index (χ1v) is 7.39. The molecule has 1 rings (SSSR count). The van der Waals surface area contributed by atoms with Gasteiger partial charge in [0.25, 0.3) is 0 Å². The fourth-order valence-electron chi connectivity index (χ4n) is 1.53. The molecule has 0 N–H and O–H groups in total. The van der Waals surface area contributed by atoms with Gasteiger partial charge in [-0.05, 0) is 12.5 Å². The summed E-state index contributed by atoms with van der Waals surface area (Å²) in [6, 6.07) is 4.58. The van der Waals surface area contributed by atoms with E-state index < -0.39 is 16.1 Å². The second-order valence-corrected chi connectivity index (χ2v) is 6.15. The predicted molar refractivity (Wildman–Crippen MR) is 69.0 cm³/mol. The first kappa shape index (κ1) is 14.6. The molecule has 0 spiro atoms. The summed E-state index contributed by atoms with van der Waals surface area (Å²) in [4.78, 5) is 3.91. The van der Waals surface area contributed by atoms with Crippen molar-refractivity contribution >= 4 is 10.0 Å². The number of hydrogen-bond acceptors (Lipinski definition) is 4. The quantitative estimate of drug-likeness (QED) is 0.786. The molecule has 0 radical (unpaired) electrons. The zero-order valence-electron chi connectivity index (χ0n) is 10.6. The van der Waals surface area contributed by atoms with E-state index in [1.165, 1.54) is 13.2 Å². The van der Waals surface area contributed by atoms with Crippen molar-refractivity contribution in [2.45, 2.75) is 25.8 Å². The molecule has 0 aromatic carbocycles. The highest BCUT2D eigenvalue weighted by atomic mass is 32.2. The smallest absolute Gasteiger partial charge is 0.215 e. The van der Waals surface area contributed by atoms with Gasteiger partial charge in [0.2, 0.25) is 10.0 Å². The topological polar surface area (TPSA) is 74.1 Å². The lowest BCUT2D eigenvalue weighted by atomic mass is 10.1. The third-order valence-corrected chi connectivity index (χ3v) is 4.57. The average molecular weight is 267 g/mol. The van der Waals surface area contributed by atoms with Crippen molar-refractivity contribution < 1.29 is 8.42 Å². The standard InChI is InChI=1S/C12H17N3O2S/c1-3-4-8-18(16,17)15(2)12(9-13)11-6-5-7-14-10-11/h5-7,10,12H,3-4,8H2,1-2H3. The Morgan fingerprint density at radius 3 is 2.78 bits per heavy atom. The van der Waals surface area contributed by atoms with Crippen LogP contribution in [0, 0.1) is 11.3 Å². The van der Waals surface area contributed by atoms with E-state index in [0.29, 0.717) is 12.0 Å². The Hall–Kier alpha value is -1.45. The maximum absolute atomic E-state index is 12.0. The maximum atomic E-state index is 12.0. The summed E-state index contributed by atoms with van der Waals surface area (Å²) in [6.45, 7) is 1.93. The predicted octanol–water partition coefficient (Wildman–Crippen LogP) is 1.71. The number of hydrogen-bond donors (Lipinski definition) is 0. The van der Waals surface area contributed by atoms with Gasteiger partial charge in [-0.1, -0.05) is 19.4 Å². The van der Waals surface area contributed by atoms with Crippen molar-refractivity contribution in [2.75, 3.05) is 12.8 Å². The van der Waals surface area contributed by atoms with Gasteiger partial charge in [0.05, 0.1) is 11.8 Å². The van der Waals surface area contributed by atoms with Gasteiger partial charge in [0, 0.05) is 25.0 Å². The lowest BCUT2D eigenvalue weighted by molar-refractivity contribution is 0.430. The van der Waals surface area contributed by atoms with Crippen LogP contribution in [0.25, 0.3) is 0 Å². The molecule has 1 heterocycles. The molecular formula is C12H17N3O2S. The Bertz CT molecular complexity index is 508. The molecule has 0 bridgehead atoms. The summed E-state index contributed by atoms with van der Waals surface area (Å²) in [7, 11) is -1.96. The summed E-state index contributed by atoms with van der Waals surface area (Å²) in [5.74, 6) is 0.0679. The van der Waals surface area contributed by atoms with Gasteiger partial charge < -0.3 is 0 Å². The minimum Gasteiger partial charge on any atom is -0.264 e. The molecule has 1 aromatic rings. The number of pyridine rings is 1. The van der Waals surface area contributed by atoms with Crippen LogP contribution in [0.4, 0.5) is 0 Å². The van der Waals surface area contributed by atoms with Gasteiger partial charge >= 0.3 is 0 Å². The number of rotatable bonds is 6. The van der Waals surface area contributed by atoms with E-state index in [1.807, 2.05) is 13.0 Å². The summed E-state index contributed by atoms with van der Waals surface area (Å²) in [6.07, 6.45) is 4.50. The molecule has 0 aliphatic rings. The highest BCUT2D eigenvalue weighted by molar-refractivity contribution is 7.89. The van der Waals surface area contributed by atoms with Crippen LogP contribution >= 0.6 is 0 Å². The highest BCUT2D eigenvalue weighted by Crippen LogP contribution is 2.21. The number of unbranched alkanes of at least 4 members (excludes halogenated alkanes) is 1. The molecular weight excluding hydrogens is 250 g/mol. The Morgan fingerprint density at radius 1 is 1.56 bits per heavy atom. The molecule has 1 unspecified atom stereocenters. The van der Waals surface area contributed by atoms with Crippen LogP contribution in [0.3, 0.4) is 0 Å². The monoisotopic (exact) mass is 267 g/mol. The molecule has 0 amide bonds. The Morgan fingerprint density at radius 2 is 2.28 bits per heavy atom. The third-order valence-electron chi connectivity index (χ3n) is 2.68. The number of nitrogens with zero attached hydrogens (tertiary/aromatic N) is 3. The summed E-state index contributed by atoms with van der Waals surface area (Å²) >= 11 is 0. The van der Waals surface area contributed by atoms with Gasteiger partial charge in [0.15, 0.2) is 0 Å². The van der Waals surface area contributed by atoms with Crippen LogP contribution in [-0.2, 0) is 10.0 Å². The second kappa shape index (κ2) is 6.47. The Kier molecular flexibility index (Phi) is 5.25. The SMILES string of the molecule is CCCCS(=O)(=O)N(C)C(C#N)c1cccnc1. The molecule has 1 atom stereocenters. The van der Waals surface area contributed by atoms with Gasteiger partial charge in [-0.25, -0.2) is 8.42 Å². The number of sulfonamides is 1. The third kappa shape index (κ3) is 3.52. The van der Waals surface area contributed by atoms with Crippen molar-refractivity contribution in [1.29, 1.82) is 5.26 Å². The van der Waals surface area contributed by atoms with Crippen molar-refractivity contribution in [2.24, 2.45) is 0 Å². The summed E-state index contributed by atoms with van der Waals surface area (Å²) in [5.41, 5.74) is 0.586. The molecule has 18 heavy (non-hydrogen) atoms. The fraction of sp³-hybridized carbons (Fsp3) is 0.500. The molecule has 0 fully saturated rings. The number of aromatic nitrogens is 1. The molecule has 5 nitrogen and oxygen atoms in total. The van der Waals surface area contributed by atoms with Crippen LogP contribution < -0.4 is 0 Å². The van der Waals surface area contributed by atoms with Crippen LogP contribution in [0.2, 0.25) is 0 Å². The number of nitriles is 1. The fourth-order valence-corrected chi connectivity index (χ4v) is 2.97. The van der Waals surface area contributed by atoms with E-state index in [2.05, 4.69) is 4.98 Å². The van der Waals surface area contributed by atoms with Gasteiger partial charge in [-0.15, -0.1) is 0 Å². The van der Waals surface area contributed by atoms with Crippen LogP contribution in [0.1, 0.15) is 31.4 Å². The summed E-state index contributed by atoms with van der Waals surface area (Å²) in [5, 5.41) is 9.15. The lowest BCUT2D eigenvalue weighted by Crippen LogP contribution is -2.32. The summed E-state index contributed by atoms with van der Waals surface area (Å²) < 4.78 is 25.2. The van der Waals surface area contributed by atoms with Gasteiger partial charge in [-0.3, -0.25) is 4.98 Å². The van der Waals surface area contributed by atoms with Crippen molar-refractivity contribution in [3.05, 3.63) is 30.1 Å². The molecule has 0 aliphatic carbocycles. The molecule has 6 heteroatoms. The van der Waals surface area contributed by atoms with Crippen LogP contribution in [-0.4, -0.2) is 30.5 Å². The van der Waals surface area contributed by atoms with Gasteiger partial charge in [-0.2, -0.15) is 9.57 Å². The minimum absolute atomic E-state index is 0.0679. The van der Waals surface area contributed by atoms with Gasteiger partial charge in [0.1, 0.15) is 6.04 Å². The highest BCUT2D eigenvalue weighted by Gasteiger charge is 2.26. The Labute approximate surface area is 108 Å². The van der Waals surface area contributed by atoms with E-state index in [4.69, 9.17) is 5.26 Å². The van der Waals surface area contributed by atoms with E-state index in [0.717, 1.165) is 10.7 Å².